The van der Waals surface area contributed by atoms with Gasteiger partial charge >= 0.3 is 0 Å². The molecular formula is C12H17N3. The SMILES string of the molecule is C1CNCCN1.c1ccc2c[nH]cc2c1. The van der Waals surface area contributed by atoms with Gasteiger partial charge in [-0.25, -0.2) is 0 Å². The Labute approximate surface area is 89.9 Å². The second-order valence-corrected chi connectivity index (χ2v) is 3.58. The zero-order valence-corrected chi connectivity index (χ0v) is 8.79. The minimum atomic E-state index is 1.14. The maximum Gasteiger partial charge on any atom is 0.00843 e. The average molecular weight is 203 g/mol. The molecule has 1 saturated heterocycles. The van der Waals surface area contributed by atoms with E-state index in [1.54, 1.807) is 0 Å². The number of hydrogen-bond donors (Lipinski definition) is 3. The van der Waals surface area contributed by atoms with Crippen molar-refractivity contribution < 1.29 is 0 Å². The van der Waals surface area contributed by atoms with Gasteiger partial charge < -0.3 is 15.6 Å². The predicted octanol–water partition coefficient (Wildman–Crippen LogP) is 1.35. The first-order valence-corrected chi connectivity index (χ1v) is 5.40. The third-order valence-electron chi connectivity index (χ3n) is 2.43. The fraction of sp³-hybridized carbons (Fsp3) is 0.333. The molecule has 80 valence electrons. The number of aromatic amines is 1. The van der Waals surface area contributed by atoms with Gasteiger partial charge in [-0.3, -0.25) is 0 Å². The van der Waals surface area contributed by atoms with Crippen LogP contribution in [-0.2, 0) is 0 Å². The van der Waals surface area contributed by atoms with Crippen LogP contribution in [0.5, 0.6) is 0 Å². The summed E-state index contributed by atoms with van der Waals surface area (Å²) >= 11 is 0. The molecule has 3 N–H and O–H groups in total. The van der Waals surface area contributed by atoms with Gasteiger partial charge in [-0.05, 0) is 10.8 Å². The Hall–Kier alpha value is -1.32. The number of H-pyrrole nitrogens is 1. The molecule has 2 heterocycles. The smallest absolute Gasteiger partial charge is 0.00843 e. The highest BCUT2D eigenvalue weighted by molar-refractivity contribution is 5.81. The fourth-order valence-electron chi connectivity index (χ4n) is 1.60. The molecule has 0 aliphatic carbocycles. The van der Waals surface area contributed by atoms with Gasteiger partial charge in [0.2, 0.25) is 0 Å². The van der Waals surface area contributed by atoms with Crippen molar-refractivity contribution in [3.63, 3.8) is 0 Å². The summed E-state index contributed by atoms with van der Waals surface area (Å²) < 4.78 is 0. The van der Waals surface area contributed by atoms with Crippen LogP contribution in [0.15, 0.2) is 36.7 Å². The van der Waals surface area contributed by atoms with E-state index in [-0.39, 0.29) is 0 Å². The second-order valence-electron chi connectivity index (χ2n) is 3.58. The summed E-state index contributed by atoms with van der Waals surface area (Å²) in [5.74, 6) is 0. The third kappa shape index (κ3) is 3.08. The molecule has 1 aliphatic heterocycles. The molecule has 0 saturated carbocycles. The zero-order valence-electron chi connectivity index (χ0n) is 8.79. The second kappa shape index (κ2) is 5.53. The maximum atomic E-state index is 3.22. The standard InChI is InChI=1S/C8H7N.C4H10N2/c1-2-4-8-6-9-5-7(8)3-1;1-2-6-4-3-5-1/h1-6,9H;5-6H,1-4H2. The van der Waals surface area contributed by atoms with Crippen LogP contribution in [0, 0.1) is 0 Å². The van der Waals surface area contributed by atoms with Crippen molar-refractivity contribution in [3.05, 3.63) is 36.7 Å². The highest BCUT2D eigenvalue weighted by atomic mass is 15.0. The van der Waals surface area contributed by atoms with E-state index < -0.39 is 0 Å². The molecule has 0 amide bonds. The molecule has 15 heavy (non-hydrogen) atoms. The van der Waals surface area contributed by atoms with Crippen LogP contribution in [-0.4, -0.2) is 31.2 Å². The van der Waals surface area contributed by atoms with E-state index in [9.17, 15) is 0 Å². The Balaban J connectivity index is 0.000000124. The molecule has 3 nitrogen and oxygen atoms in total. The third-order valence-corrected chi connectivity index (χ3v) is 2.43. The lowest BCUT2D eigenvalue weighted by Crippen LogP contribution is -2.39. The van der Waals surface area contributed by atoms with Crippen LogP contribution in [0.1, 0.15) is 0 Å². The molecular weight excluding hydrogens is 186 g/mol. The number of benzene rings is 1. The molecule has 0 bridgehead atoms. The normalized spacial score (nSPS) is 15.7. The molecule has 1 fully saturated rings. The van der Waals surface area contributed by atoms with Gasteiger partial charge in [0.05, 0.1) is 0 Å². The number of fused-ring (bicyclic) bond motifs is 1. The van der Waals surface area contributed by atoms with Gasteiger partial charge in [-0.1, -0.05) is 24.3 Å². The number of nitrogens with one attached hydrogen (secondary N) is 3. The Morgan fingerprint density at radius 2 is 1.20 bits per heavy atom. The van der Waals surface area contributed by atoms with Gasteiger partial charge in [-0.15, -0.1) is 0 Å². The van der Waals surface area contributed by atoms with Crippen molar-refractivity contribution in [1.82, 2.24) is 15.6 Å². The highest BCUT2D eigenvalue weighted by Gasteiger charge is 1.91. The van der Waals surface area contributed by atoms with Crippen molar-refractivity contribution in [1.29, 1.82) is 0 Å². The van der Waals surface area contributed by atoms with Crippen molar-refractivity contribution >= 4 is 10.8 Å². The van der Waals surface area contributed by atoms with Gasteiger partial charge in [0.1, 0.15) is 0 Å². The summed E-state index contributed by atoms with van der Waals surface area (Å²) in [6.45, 7) is 4.56. The van der Waals surface area contributed by atoms with E-state index in [1.807, 2.05) is 24.5 Å². The summed E-state index contributed by atoms with van der Waals surface area (Å²) in [6.07, 6.45) is 3.99. The van der Waals surface area contributed by atoms with Gasteiger partial charge in [0.25, 0.3) is 0 Å². The quantitative estimate of drug-likeness (QED) is 0.605. The molecule has 1 aliphatic rings. The molecule has 1 aromatic carbocycles. The number of rotatable bonds is 0. The highest BCUT2D eigenvalue weighted by Crippen LogP contribution is 2.10. The largest absolute Gasteiger partial charge is 0.366 e. The Morgan fingerprint density at radius 3 is 1.60 bits per heavy atom. The molecule has 3 heteroatoms. The van der Waals surface area contributed by atoms with Gasteiger partial charge in [0.15, 0.2) is 0 Å². The molecule has 1 aromatic heterocycles. The topological polar surface area (TPSA) is 39.8 Å². The number of aromatic nitrogens is 1. The molecule has 0 atom stereocenters. The Kier molecular flexibility index (Phi) is 3.77. The minimum Gasteiger partial charge on any atom is -0.366 e. The zero-order chi connectivity index (χ0) is 10.3. The minimum absolute atomic E-state index is 1.14. The Bertz CT molecular complexity index is 349. The van der Waals surface area contributed by atoms with Crippen molar-refractivity contribution in [3.8, 4) is 0 Å². The van der Waals surface area contributed by atoms with Gasteiger partial charge in [0, 0.05) is 38.6 Å². The van der Waals surface area contributed by atoms with Crippen LogP contribution in [0.2, 0.25) is 0 Å². The lowest BCUT2D eigenvalue weighted by molar-refractivity contribution is 0.534. The van der Waals surface area contributed by atoms with Crippen LogP contribution in [0.25, 0.3) is 10.8 Å². The van der Waals surface area contributed by atoms with E-state index in [1.165, 1.54) is 10.8 Å². The van der Waals surface area contributed by atoms with Crippen LogP contribution < -0.4 is 10.6 Å². The first-order chi connectivity index (χ1) is 7.47. The van der Waals surface area contributed by atoms with Crippen molar-refractivity contribution in [2.75, 3.05) is 26.2 Å². The lowest BCUT2D eigenvalue weighted by atomic mass is 10.2. The number of hydrogen-bond acceptors (Lipinski definition) is 2. The monoisotopic (exact) mass is 203 g/mol. The van der Waals surface area contributed by atoms with E-state index in [0.29, 0.717) is 0 Å². The van der Waals surface area contributed by atoms with E-state index in [2.05, 4.69) is 27.8 Å². The fourth-order valence-corrected chi connectivity index (χ4v) is 1.60. The van der Waals surface area contributed by atoms with Crippen LogP contribution in [0.3, 0.4) is 0 Å². The first-order valence-electron chi connectivity index (χ1n) is 5.40. The first kappa shape index (κ1) is 10.2. The summed E-state index contributed by atoms with van der Waals surface area (Å²) in [5, 5.41) is 9.00. The molecule has 0 radical (unpaired) electrons. The van der Waals surface area contributed by atoms with Crippen LogP contribution >= 0.6 is 0 Å². The summed E-state index contributed by atoms with van der Waals surface area (Å²) in [6, 6.07) is 8.25. The molecule has 0 unspecified atom stereocenters. The molecule has 3 rings (SSSR count). The maximum absolute atomic E-state index is 3.22. The number of piperazine rings is 1. The van der Waals surface area contributed by atoms with Crippen molar-refractivity contribution in [2.24, 2.45) is 0 Å². The average Bonchev–Trinajstić information content (AvgIpc) is 2.80. The van der Waals surface area contributed by atoms with Crippen molar-refractivity contribution in [2.45, 2.75) is 0 Å². The summed E-state index contributed by atoms with van der Waals surface area (Å²) in [5.41, 5.74) is 0. The molecule has 0 spiro atoms. The Morgan fingerprint density at radius 1 is 0.733 bits per heavy atom. The van der Waals surface area contributed by atoms with E-state index in [0.717, 1.165) is 26.2 Å². The lowest BCUT2D eigenvalue weighted by Gasteiger charge is -2.11. The van der Waals surface area contributed by atoms with Gasteiger partial charge in [-0.2, -0.15) is 0 Å². The summed E-state index contributed by atoms with van der Waals surface area (Å²) in [7, 11) is 0. The van der Waals surface area contributed by atoms with E-state index >= 15 is 0 Å². The predicted molar refractivity (Wildman–Crippen MR) is 64.0 cm³/mol. The summed E-state index contributed by atoms with van der Waals surface area (Å²) in [4.78, 5) is 3.04. The van der Waals surface area contributed by atoms with E-state index in [4.69, 9.17) is 0 Å². The molecule has 2 aromatic rings. The van der Waals surface area contributed by atoms with Crippen LogP contribution in [0.4, 0.5) is 0 Å².